The first kappa shape index (κ1) is 17.5. The fourth-order valence-corrected chi connectivity index (χ4v) is 2.02. The molecule has 0 heterocycles. The maximum Gasteiger partial charge on any atom is 0.256 e. The van der Waals surface area contributed by atoms with Crippen molar-refractivity contribution in [2.75, 3.05) is 11.9 Å². The minimum Gasteiger partial charge on any atom is -0.491 e. The van der Waals surface area contributed by atoms with E-state index in [1.54, 1.807) is 0 Å². The average Bonchev–Trinajstić information content (AvgIpc) is 2.41. The molecular formula is C17H27NO3. The van der Waals surface area contributed by atoms with Gasteiger partial charge in [-0.05, 0) is 64.8 Å². The van der Waals surface area contributed by atoms with Crippen molar-refractivity contribution in [3.8, 4) is 5.75 Å². The molecule has 0 aliphatic heterocycles. The Bertz CT molecular complexity index is 485. The Morgan fingerprint density at radius 3 is 2.48 bits per heavy atom. The van der Waals surface area contributed by atoms with E-state index >= 15 is 0 Å². The van der Waals surface area contributed by atoms with E-state index in [4.69, 9.17) is 9.47 Å². The molecule has 1 N–H and O–H groups in total. The zero-order valence-electron chi connectivity index (χ0n) is 13.9. The van der Waals surface area contributed by atoms with Crippen molar-refractivity contribution < 1.29 is 14.3 Å². The highest BCUT2D eigenvalue weighted by atomic mass is 16.5. The molecule has 0 aliphatic carbocycles. The molecule has 0 aliphatic rings. The standard InChI is InChI=1S/C17H27NO3/c1-7-17(6,20-8-2)16(19)18-14-9-10-15(13(5)11-14)21-12(3)4/h9-12H,7-8H2,1-6H3,(H,18,19)/t17-/m0/s1. The number of rotatable bonds is 7. The highest BCUT2D eigenvalue weighted by Crippen LogP contribution is 2.24. The Labute approximate surface area is 127 Å². The van der Waals surface area contributed by atoms with Crippen LogP contribution in [0.15, 0.2) is 18.2 Å². The van der Waals surface area contributed by atoms with Crippen LogP contribution < -0.4 is 10.1 Å². The molecule has 0 unspecified atom stereocenters. The Hall–Kier alpha value is -1.55. The van der Waals surface area contributed by atoms with Gasteiger partial charge in [-0.3, -0.25) is 4.79 Å². The molecule has 0 fully saturated rings. The second-order valence-corrected chi connectivity index (χ2v) is 5.62. The summed E-state index contributed by atoms with van der Waals surface area (Å²) in [7, 11) is 0. The van der Waals surface area contributed by atoms with Gasteiger partial charge in [-0.25, -0.2) is 0 Å². The van der Waals surface area contributed by atoms with Crippen LogP contribution in [0.2, 0.25) is 0 Å². The third kappa shape index (κ3) is 4.74. The first-order valence-electron chi connectivity index (χ1n) is 7.55. The number of ether oxygens (including phenoxy) is 2. The van der Waals surface area contributed by atoms with Crippen LogP contribution in [-0.2, 0) is 9.53 Å². The number of aryl methyl sites for hydroxylation is 1. The number of amides is 1. The van der Waals surface area contributed by atoms with E-state index in [0.717, 1.165) is 17.0 Å². The van der Waals surface area contributed by atoms with E-state index in [0.29, 0.717) is 13.0 Å². The van der Waals surface area contributed by atoms with Crippen LogP contribution in [0.1, 0.15) is 46.6 Å². The molecule has 4 nitrogen and oxygen atoms in total. The Morgan fingerprint density at radius 1 is 1.33 bits per heavy atom. The topological polar surface area (TPSA) is 47.6 Å². The van der Waals surface area contributed by atoms with Gasteiger partial charge < -0.3 is 14.8 Å². The van der Waals surface area contributed by atoms with Crippen molar-refractivity contribution in [2.24, 2.45) is 0 Å². The molecule has 0 saturated carbocycles. The number of carbonyl (C=O) groups is 1. The minimum absolute atomic E-state index is 0.122. The molecule has 0 radical (unpaired) electrons. The molecule has 21 heavy (non-hydrogen) atoms. The highest BCUT2D eigenvalue weighted by Gasteiger charge is 2.31. The fourth-order valence-electron chi connectivity index (χ4n) is 2.02. The lowest BCUT2D eigenvalue weighted by Gasteiger charge is -2.27. The van der Waals surface area contributed by atoms with E-state index in [2.05, 4.69) is 5.32 Å². The maximum atomic E-state index is 12.4. The number of hydrogen-bond donors (Lipinski definition) is 1. The van der Waals surface area contributed by atoms with Crippen molar-refractivity contribution in [2.45, 2.75) is 59.7 Å². The molecule has 1 aromatic rings. The van der Waals surface area contributed by atoms with Gasteiger partial charge in [-0.15, -0.1) is 0 Å². The Balaban J connectivity index is 2.84. The molecule has 0 bridgehead atoms. The summed E-state index contributed by atoms with van der Waals surface area (Å²) in [5.74, 6) is 0.717. The number of anilines is 1. The summed E-state index contributed by atoms with van der Waals surface area (Å²) in [6, 6.07) is 5.65. The summed E-state index contributed by atoms with van der Waals surface area (Å²) < 4.78 is 11.3. The van der Waals surface area contributed by atoms with Gasteiger partial charge in [0.1, 0.15) is 11.4 Å². The van der Waals surface area contributed by atoms with Crippen molar-refractivity contribution in [3.05, 3.63) is 23.8 Å². The van der Waals surface area contributed by atoms with Gasteiger partial charge >= 0.3 is 0 Å². The summed E-state index contributed by atoms with van der Waals surface area (Å²) in [5.41, 5.74) is 0.958. The summed E-state index contributed by atoms with van der Waals surface area (Å²) in [6.45, 7) is 12.1. The number of nitrogens with one attached hydrogen (secondary N) is 1. The summed E-state index contributed by atoms with van der Waals surface area (Å²) in [6.07, 6.45) is 0.755. The molecule has 4 heteroatoms. The van der Waals surface area contributed by atoms with Crippen molar-refractivity contribution in [1.82, 2.24) is 0 Å². The smallest absolute Gasteiger partial charge is 0.256 e. The van der Waals surface area contributed by atoms with Crippen LogP contribution in [0.5, 0.6) is 5.75 Å². The molecule has 0 saturated heterocycles. The molecule has 0 spiro atoms. The predicted octanol–water partition coefficient (Wildman–Crippen LogP) is 3.93. The second-order valence-electron chi connectivity index (χ2n) is 5.62. The Kier molecular flexibility index (Phi) is 6.21. The lowest BCUT2D eigenvalue weighted by Crippen LogP contribution is -2.42. The molecule has 1 aromatic carbocycles. The van der Waals surface area contributed by atoms with Crippen LogP contribution in [0.25, 0.3) is 0 Å². The van der Waals surface area contributed by atoms with Gasteiger partial charge in [0.05, 0.1) is 6.10 Å². The van der Waals surface area contributed by atoms with E-state index < -0.39 is 5.60 Å². The van der Waals surface area contributed by atoms with Gasteiger partial charge in [0.25, 0.3) is 5.91 Å². The van der Waals surface area contributed by atoms with Gasteiger partial charge in [-0.2, -0.15) is 0 Å². The molecule has 1 amide bonds. The van der Waals surface area contributed by atoms with E-state index in [1.807, 2.05) is 59.7 Å². The third-order valence-electron chi connectivity index (χ3n) is 3.41. The predicted molar refractivity (Wildman–Crippen MR) is 85.9 cm³/mol. The fraction of sp³-hybridized carbons (Fsp3) is 0.588. The molecule has 118 valence electrons. The largest absolute Gasteiger partial charge is 0.491 e. The molecular weight excluding hydrogens is 266 g/mol. The lowest BCUT2D eigenvalue weighted by molar-refractivity contribution is -0.139. The Morgan fingerprint density at radius 2 is 2.00 bits per heavy atom. The van der Waals surface area contributed by atoms with Gasteiger partial charge in [-0.1, -0.05) is 6.92 Å². The van der Waals surface area contributed by atoms with Crippen molar-refractivity contribution in [1.29, 1.82) is 0 Å². The number of benzene rings is 1. The molecule has 1 rings (SSSR count). The minimum atomic E-state index is -0.796. The highest BCUT2D eigenvalue weighted by molar-refractivity contribution is 5.97. The first-order chi connectivity index (χ1) is 9.82. The quantitative estimate of drug-likeness (QED) is 0.828. The van der Waals surface area contributed by atoms with Gasteiger partial charge in [0.15, 0.2) is 0 Å². The number of carbonyl (C=O) groups excluding carboxylic acids is 1. The second kappa shape index (κ2) is 7.46. The van der Waals surface area contributed by atoms with Crippen LogP contribution in [0.3, 0.4) is 0 Å². The van der Waals surface area contributed by atoms with Gasteiger partial charge in [0.2, 0.25) is 0 Å². The van der Waals surface area contributed by atoms with Crippen LogP contribution in [0, 0.1) is 6.92 Å². The van der Waals surface area contributed by atoms with E-state index in [-0.39, 0.29) is 12.0 Å². The molecule has 1 atom stereocenters. The summed E-state index contributed by atoms with van der Waals surface area (Å²) >= 11 is 0. The first-order valence-corrected chi connectivity index (χ1v) is 7.55. The summed E-state index contributed by atoms with van der Waals surface area (Å²) in [4.78, 5) is 12.4. The lowest BCUT2D eigenvalue weighted by atomic mass is 10.0. The van der Waals surface area contributed by atoms with Crippen LogP contribution in [0.4, 0.5) is 5.69 Å². The summed E-state index contributed by atoms with van der Waals surface area (Å²) in [5, 5.41) is 2.92. The van der Waals surface area contributed by atoms with Crippen molar-refractivity contribution in [3.63, 3.8) is 0 Å². The van der Waals surface area contributed by atoms with Crippen molar-refractivity contribution >= 4 is 11.6 Å². The number of hydrogen-bond acceptors (Lipinski definition) is 3. The SMILES string of the molecule is CCO[C@@](C)(CC)C(=O)Nc1ccc(OC(C)C)c(C)c1. The zero-order chi connectivity index (χ0) is 16.0. The molecule has 0 aromatic heterocycles. The van der Waals surface area contributed by atoms with E-state index in [1.165, 1.54) is 0 Å². The normalized spacial score (nSPS) is 13.9. The monoisotopic (exact) mass is 293 g/mol. The van der Waals surface area contributed by atoms with Crippen LogP contribution >= 0.6 is 0 Å². The zero-order valence-corrected chi connectivity index (χ0v) is 13.9. The third-order valence-corrected chi connectivity index (χ3v) is 3.41. The van der Waals surface area contributed by atoms with E-state index in [9.17, 15) is 4.79 Å². The average molecular weight is 293 g/mol. The van der Waals surface area contributed by atoms with Gasteiger partial charge in [0, 0.05) is 12.3 Å². The van der Waals surface area contributed by atoms with Crippen LogP contribution in [-0.4, -0.2) is 24.2 Å². The maximum absolute atomic E-state index is 12.4.